The van der Waals surface area contributed by atoms with Crippen LogP contribution in [0.5, 0.6) is 0 Å². The molecule has 0 spiro atoms. The van der Waals surface area contributed by atoms with Crippen LogP contribution in [-0.4, -0.2) is 41.0 Å². The summed E-state index contributed by atoms with van der Waals surface area (Å²) in [4.78, 5) is 13.1. The number of likely N-dealkylation sites (N-methyl/N-ethyl adjacent to an activating group) is 1. The standard InChI is InChI=1S/C20H25N5OS/c1-5-25(8-9-26)17-7-6-16(13(2)10-17)11-23-24-19-18-14(3)15(4)27-20(18)22-12-21-19/h6-7,10-12,26H,5,8-9H2,1-4H3,(H,21,22,24)/b23-11-. The van der Waals surface area contributed by atoms with Crippen molar-refractivity contribution in [2.75, 3.05) is 30.0 Å². The number of benzene rings is 1. The van der Waals surface area contributed by atoms with Gasteiger partial charge in [-0.25, -0.2) is 9.97 Å². The van der Waals surface area contributed by atoms with E-state index in [4.69, 9.17) is 0 Å². The number of hydrogen-bond donors (Lipinski definition) is 2. The number of aliphatic hydroxyl groups is 1. The number of hydrogen-bond acceptors (Lipinski definition) is 7. The Hall–Kier alpha value is -2.51. The molecule has 0 bridgehead atoms. The van der Waals surface area contributed by atoms with E-state index in [0.29, 0.717) is 6.54 Å². The molecule has 1 aromatic carbocycles. The third-order valence-corrected chi connectivity index (χ3v) is 5.82. The maximum Gasteiger partial charge on any atom is 0.158 e. The zero-order valence-electron chi connectivity index (χ0n) is 16.2. The molecule has 0 radical (unpaired) electrons. The van der Waals surface area contributed by atoms with Gasteiger partial charge < -0.3 is 10.0 Å². The minimum atomic E-state index is 0.148. The molecule has 0 fully saturated rings. The summed E-state index contributed by atoms with van der Waals surface area (Å²) in [6, 6.07) is 6.23. The predicted molar refractivity (Wildman–Crippen MR) is 114 cm³/mol. The molecular formula is C20H25N5OS. The first-order valence-electron chi connectivity index (χ1n) is 9.01. The average molecular weight is 384 g/mol. The van der Waals surface area contributed by atoms with Gasteiger partial charge in [-0.1, -0.05) is 6.07 Å². The van der Waals surface area contributed by atoms with Gasteiger partial charge in [0, 0.05) is 23.7 Å². The van der Waals surface area contributed by atoms with Crippen LogP contribution in [0.1, 0.15) is 28.5 Å². The topological polar surface area (TPSA) is 73.6 Å². The van der Waals surface area contributed by atoms with Crippen molar-refractivity contribution in [2.24, 2.45) is 5.10 Å². The quantitative estimate of drug-likeness (QED) is 0.478. The lowest BCUT2D eigenvalue weighted by Gasteiger charge is -2.22. The van der Waals surface area contributed by atoms with Crippen LogP contribution in [-0.2, 0) is 0 Å². The fourth-order valence-electron chi connectivity index (χ4n) is 3.02. The second kappa shape index (κ2) is 8.45. The molecule has 0 saturated carbocycles. The number of hydrazone groups is 1. The van der Waals surface area contributed by atoms with Crippen molar-refractivity contribution in [1.29, 1.82) is 0 Å². The minimum absolute atomic E-state index is 0.148. The first-order valence-corrected chi connectivity index (χ1v) is 9.83. The maximum atomic E-state index is 9.19. The van der Waals surface area contributed by atoms with E-state index in [1.807, 2.05) is 12.3 Å². The minimum Gasteiger partial charge on any atom is -0.395 e. The van der Waals surface area contributed by atoms with Crippen molar-refractivity contribution < 1.29 is 5.11 Å². The number of fused-ring (bicyclic) bond motifs is 1. The Bertz CT molecular complexity index is 966. The van der Waals surface area contributed by atoms with Crippen LogP contribution in [0.2, 0.25) is 0 Å². The summed E-state index contributed by atoms with van der Waals surface area (Å²) < 4.78 is 0. The van der Waals surface area contributed by atoms with Crippen LogP contribution in [0.25, 0.3) is 10.2 Å². The summed E-state index contributed by atoms with van der Waals surface area (Å²) >= 11 is 1.67. The summed E-state index contributed by atoms with van der Waals surface area (Å²) in [7, 11) is 0. The molecule has 0 aliphatic heterocycles. The van der Waals surface area contributed by atoms with Gasteiger partial charge in [-0.05, 0) is 56.5 Å². The van der Waals surface area contributed by atoms with E-state index in [1.165, 1.54) is 10.4 Å². The van der Waals surface area contributed by atoms with Gasteiger partial charge in [0.15, 0.2) is 5.82 Å². The number of anilines is 2. The van der Waals surface area contributed by atoms with Crippen LogP contribution < -0.4 is 10.3 Å². The summed E-state index contributed by atoms with van der Waals surface area (Å²) in [5.41, 5.74) is 7.53. The van der Waals surface area contributed by atoms with Crippen molar-refractivity contribution in [3.05, 3.63) is 46.1 Å². The molecule has 3 aromatic rings. The lowest BCUT2D eigenvalue weighted by atomic mass is 10.1. The molecule has 6 nitrogen and oxygen atoms in total. The second-order valence-electron chi connectivity index (χ2n) is 6.40. The van der Waals surface area contributed by atoms with Gasteiger partial charge >= 0.3 is 0 Å². The van der Waals surface area contributed by atoms with Crippen molar-refractivity contribution >= 4 is 39.3 Å². The number of nitrogens with one attached hydrogen (secondary N) is 1. The lowest BCUT2D eigenvalue weighted by Crippen LogP contribution is -2.26. The molecule has 7 heteroatoms. The highest BCUT2D eigenvalue weighted by Crippen LogP contribution is 2.32. The van der Waals surface area contributed by atoms with Gasteiger partial charge in [0.05, 0.1) is 18.2 Å². The summed E-state index contributed by atoms with van der Waals surface area (Å²) in [5, 5.41) is 14.6. The van der Waals surface area contributed by atoms with Crippen molar-refractivity contribution in [2.45, 2.75) is 27.7 Å². The number of thiophene rings is 1. The number of aliphatic hydroxyl groups excluding tert-OH is 1. The highest BCUT2D eigenvalue weighted by molar-refractivity contribution is 7.18. The molecular weight excluding hydrogens is 358 g/mol. The first-order chi connectivity index (χ1) is 13.0. The van der Waals surface area contributed by atoms with Gasteiger partial charge in [0.25, 0.3) is 0 Å². The van der Waals surface area contributed by atoms with Gasteiger partial charge in [-0.3, -0.25) is 5.43 Å². The molecule has 2 heterocycles. The van der Waals surface area contributed by atoms with E-state index in [2.05, 4.69) is 65.2 Å². The van der Waals surface area contributed by atoms with Crippen molar-refractivity contribution in [3.63, 3.8) is 0 Å². The average Bonchev–Trinajstić information content (AvgIpc) is 2.96. The van der Waals surface area contributed by atoms with Crippen LogP contribution in [0, 0.1) is 20.8 Å². The lowest BCUT2D eigenvalue weighted by molar-refractivity contribution is 0.302. The number of nitrogens with zero attached hydrogens (tertiary/aromatic N) is 4. The molecule has 0 unspecified atom stereocenters. The molecule has 0 saturated heterocycles. The number of rotatable bonds is 7. The van der Waals surface area contributed by atoms with Gasteiger partial charge in [-0.2, -0.15) is 5.10 Å². The monoisotopic (exact) mass is 383 g/mol. The molecule has 0 aliphatic carbocycles. The Balaban J connectivity index is 1.79. The molecule has 0 atom stereocenters. The normalized spacial score (nSPS) is 11.4. The van der Waals surface area contributed by atoms with Crippen LogP contribution in [0.15, 0.2) is 29.6 Å². The Morgan fingerprint density at radius 3 is 2.78 bits per heavy atom. The SMILES string of the molecule is CCN(CCO)c1ccc(/C=N\Nc2ncnc3sc(C)c(C)c23)c(C)c1. The summed E-state index contributed by atoms with van der Waals surface area (Å²) in [5.74, 6) is 0.729. The van der Waals surface area contributed by atoms with E-state index in [0.717, 1.165) is 39.4 Å². The third-order valence-electron chi connectivity index (χ3n) is 4.71. The highest BCUT2D eigenvalue weighted by Gasteiger charge is 2.11. The number of aromatic nitrogens is 2. The fraction of sp³-hybridized carbons (Fsp3) is 0.350. The smallest absolute Gasteiger partial charge is 0.158 e. The van der Waals surface area contributed by atoms with Crippen molar-refractivity contribution in [1.82, 2.24) is 9.97 Å². The fourth-order valence-corrected chi connectivity index (χ4v) is 4.02. The molecule has 3 rings (SSSR count). The first kappa shape index (κ1) is 19.3. The largest absolute Gasteiger partial charge is 0.395 e. The van der Waals surface area contributed by atoms with Crippen LogP contribution >= 0.6 is 11.3 Å². The van der Waals surface area contributed by atoms with Crippen LogP contribution in [0.4, 0.5) is 11.5 Å². The second-order valence-corrected chi connectivity index (χ2v) is 7.60. The Kier molecular flexibility index (Phi) is 6.03. The van der Waals surface area contributed by atoms with E-state index >= 15 is 0 Å². The van der Waals surface area contributed by atoms with Gasteiger partial charge in [0.1, 0.15) is 11.2 Å². The molecule has 0 amide bonds. The molecule has 0 aliphatic rings. The van der Waals surface area contributed by atoms with Gasteiger partial charge in [0.2, 0.25) is 0 Å². The van der Waals surface area contributed by atoms with Crippen molar-refractivity contribution in [3.8, 4) is 0 Å². The number of aryl methyl sites for hydroxylation is 3. The third kappa shape index (κ3) is 4.09. The zero-order valence-corrected chi connectivity index (χ0v) is 17.0. The van der Waals surface area contributed by atoms with E-state index in [-0.39, 0.29) is 6.61 Å². The molecule has 142 valence electrons. The van der Waals surface area contributed by atoms with E-state index in [9.17, 15) is 5.11 Å². The molecule has 27 heavy (non-hydrogen) atoms. The maximum absolute atomic E-state index is 9.19. The predicted octanol–water partition coefficient (Wildman–Crippen LogP) is 3.88. The Morgan fingerprint density at radius 2 is 2.07 bits per heavy atom. The van der Waals surface area contributed by atoms with Gasteiger partial charge in [-0.15, -0.1) is 11.3 Å². The van der Waals surface area contributed by atoms with E-state index < -0.39 is 0 Å². The highest BCUT2D eigenvalue weighted by atomic mass is 32.1. The zero-order chi connectivity index (χ0) is 19.4. The van der Waals surface area contributed by atoms with Crippen LogP contribution in [0.3, 0.4) is 0 Å². The summed E-state index contributed by atoms with van der Waals surface area (Å²) in [6.45, 7) is 9.96. The summed E-state index contributed by atoms with van der Waals surface area (Å²) in [6.07, 6.45) is 3.38. The Morgan fingerprint density at radius 1 is 1.26 bits per heavy atom. The molecule has 2 aromatic heterocycles. The Labute approximate surface area is 163 Å². The van der Waals surface area contributed by atoms with E-state index in [1.54, 1.807) is 17.7 Å². The molecule has 2 N–H and O–H groups in total.